The highest BCUT2D eigenvalue weighted by atomic mass is 32.1. The van der Waals surface area contributed by atoms with E-state index in [9.17, 15) is 18.0 Å². The number of hydrogen-bond acceptors (Lipinski definition) is 8. The Bertz CT molecular complexity index is 1060. The number of ether oxygens (including phenoxy) is 2. The minimum absolute atomic E-state index is 0.0309. The molecule has 0 bridgehead atoms. The van der Waals surface area contributed by atoms with Gasteiger partial charge in [-0.25, -0.2) is 9.78 Å². The Morgan fingerprint density at radius 1 is 1.36 bits per heavy atom. The molecule has 9 nitrogen and oxygen atoms in total. The number of alkyl halides is 3. The maximum atomic E-state index is 12.8. The Labute approximate surface area is 209 Å². The second-order valence-corrected chi connectivity index (χ2v) is 9.35. The Kier molecular flexibility index (Phi) is 9.25. The number of carbonyl (C=O) groups is 2. The summed E-state index contributed by atoms with van der Waals surface area (Å²) < 4.78 is 43.9. The van der Waals surface area contributed by atoms with Gasteiger partial charge in [0, 0.05) is 24.2 Å². The SMILES string of the molecule is N#Cc1ccc(NC[C@@H]2CC[C@]3(COCCN(C(=O)Cc4cccs4)C3)O2)nc1.O=C(O)C(F)(F)F. The van der Waals surface area contributed by atoms with Crippen LogP contribution in [0.15, 0.2) is 35.8 Å². The van der Waals surface area contributed by atoms with Crippen molar-refractivity contribution in [2.24, 2.45) is 0 Å². The summed E-state index contributed by atoms with van der Waals surface area (Å²) in [6.07, 6.45) is -1.30. The van der Waals surface area contributed by atoms with Crippen LogP contribution in [0.25, 0.3) is 0 Å². The molecule has 1 spiro atoms. The number of pyridine rings is 1. The molecule has 2 N–H and O–H groups in total. The molecule has 2 saturated heterocycles. The van der Waals surface area contributed by atoms with Crippen LogP contribution >= 0.6 is 11.3 Å². The highest BCUT2D eigenvalue weighted by Gasteiger charge is 2.44. The summed E-state index contributed by atoms with van der Waals surface area (Å²) in [7, 11) is 0. The van der Waals surface area contributed by atoms with E-state index >= 15 is 0 Å². The molecule has 2 aliphatic heterocycles. The third-order valence-electron chi connectivity index (χ3n) is 5.59. The number of anilines is 1. The summed E-state index contributed by atoms with van der Waals surface area (Å²) in [4.78, 5) is 28.9. The molecule has 0 unspecified atom stereocenters. The van der Waals surface area contributed by atoms with E-state index in [0.717, 1.165) is 23.5 Å². The maximum Gasteiger partial charge on any atom is 0.490 e. The second-order valence-electron chi connectivity index (χ2n) is 8.31. The molecule has 36 heavy (non-hydrogen) atoms. The number of aliphatic carboxylic acids is 1. The Balaban J connectivity index is 0.000000454. The fourth-order valence-corrected chi connectivity index (χ4v) is 4.53. The van der Waals surface area contributed by atoms with Gasteiger partial charge in [-0.05, 0) is 36.4 Å². The van der Waals surface area contributed by atoms with E-state index in [-0.39, 0.29) is 12.0 Å². The molecular weight excluding hydrogens is 501 g/mol. The average Bonchev–Trinajstić information content (AvgIpc) is 3.44. The first kappa shape index (κ1) is 27.4. The second kappa shape index (κ2) is 12.2. The van der Waals surface area contributed by atoms with Crippen molar-refractivity contribution in [3.63, 3.8) is 0 Å². The van der Waals surface area contributed by atoms with Crippen LogP contribution in [0.4, 0.5) is 19.0 Å². The summed E-state index contributed by atoms with van der Waals surface area (Å²) in [5.41, 5.74) is 0.0982. The number of amides is 1. The number of hydrogen-bond donors (Lipinski definition) is 2. The van der Waals surface area contributed by atoms with E-state index < -0.39 is 17.7 Å². The van der Waals surface area contributed by atoms with Gasteiger partial charge in [-0.2, -0.15) is 18.4 Å². The number of halogens is 3. The van der Waals surface area contributed by atoms with Crippen molar-refractivity contribution in [1.29, 1.82) is 5.26 Å². The van der Waals surface area contributed by atoms with Crippen LogP contribution in [0.3, 0.4) is 0 Å². The molecule has 2 aromatic rings. The fourth-order valence-electron chi connectivity index (χ4n) is 3.84. The number of nitrogens with one attached hydrogen (secondary N) is 1. The molecule has 4 heterocycles. The van der Waals surface area contributed by atoms with E-state index in [0.29, 0.717) is 44.8 Å². The Hall–Kier alpha value is -3.21. The highest BCUT2D eigenvalue weighted by molar-refractivity contribution is 7.10. The molecule has 1 amide bonds. The number of thiophene rings is 1. The smallest absolute Gasteiger partial charge is 0.475 e. The van der Waals surface area contributed by atoms with Crippen molar-refractivity contribution < 1.29 is 37.3 Å². The van der Waals surface area contributed by atoms with E-state index in [1.54, 1.807) is 29.7 Å². The van der Waals surface area contributed by atoms with E-state index in [4.69, 9.17) is 24.6 Å². The monoisotopic (exact) mass is 526 g/mol. The van der Waals surface area contributed by atoms with Gasteiger partial charge in [-0.1, -0.05) is 6.07 Å². The molecule has 2 fully saturated rings. The zero-order valence-corrected chi connectivity index (χ0v) is 20.0. The lowest BCUT2D eigenvalue weighted by atomic mass is 10.00. The molecular formula is C23H25F3N4O5S. The summed E-state index contributed by atoms with van der Waals surface area (Å²) in [6, 6.07) is 9.57. The highest BCUT2D eigenvalue weighted by Crippen LogP contribution is 2.33. The summed E-state index contributed by atoms with van der Waals surface area (Å²) >= 11 is 1.61. The predicted octanol–water partition coefficient (Wildman–Crippen LogP) is 3.08. The fraction of sp³-hybridized carbons (Fsp3) is 0.478. The lowest BCUT2D eigenvalue weighted by Gasteiger charge is -2.32. The molecule has 0 aromatic carbocycles. The van der Waals surface area contributed by atoms with Crippen LogP contribution in [0.5, 0.6) is 0 Å². The molecule has 194 valence electrons. The number of carbonyl (C=O) groups excluding carboxylic acids is 1. The number of aromatic nitrogens is 1. The Morgan fingerprint density at radius 2 is 2.14 bits per heavy atom. The standard InChI is InChI=1S/C21H24N4O3S.C2HF3O2/c22-11-16-3-4-19(23-12-16)24-13-17-5-6-21(28-17)14-25(7-8-27-15-21)20(26)10-18-2-1-9-29-18;3-2(4,5)1(6)7/h1-4,9,12,17H,5-8,10,13-15H2,(H,23,24);(H,6,7)/t17-,21-;/m0./s1. The van der Waals surface area contributed by atoms with Crippen LogP contribution < -0.4 is 5.32 Å². The molecule has 0 aliphatic carbocycles. The largest absolute Gasteiger partial charge is 0.490 e. The number of rotatable bonds is 5. The van der Waals surface area contributed by atoms with E-state index in [1.165, 1.54) is 0 Å². The van der Waals surface area contributed by atoms with Gasteiger partial charge in [0.15, 0.2) is 0 Å². The van der Waals surface area contributed by atoms with Gasteiger partial charge in [-0.15, -0.1) is 11.3 Å². The van der Waals surface area contributed by atoms with Gasteiger partial charge in [-0.3, -0.25) is 4.79 Å². The summed E-state index contributed by atoms with van der Waals surface area (Å²) in [5, 5.41) is 21.3. The third kappa shape index (κ3) is 7.91. The first-order valence-electron chi connectivity index (χ1n) is 11.1. The topological polar surface area (TPSA) is 125 Å². The van der Waals surface area contributed by atoms with E-state index in [1.807, 2.05) is 22.4 Å². The molecule has 2 atom stereocenters. The van der Waals surface area contributed by atoms with Gasteiger partial charge >= 0.3 is 12.1 Å². The minimum Gasteiger partial charge on any atom is -0.475 e. The first-order chi connectivity index (χ1) is 17.1. The van der Waals surface area contributed by atoms with Crippen LogP contribution in [0.1, 0.15) is 23.3 Å². The molecule has 0 saturated carbocycles. The van der Waals surface area contributed by atoms with Gasteiger partial charge in [0.25, 0.3) is 0 Å². The number of carboxylic acid groups (broad SMARTS) is 1. The Morgan fingerprint density at radius 3 is 2.75 bits per heavy atom. The van der Waals surface area contributed by atoms with Gasteiger partial charge < -0.3 is 24.8 Å². The van der Waals surface area contributed by atoms with Crippen molar-refractivity contribution in [3.05, 3.63) is 46.3 Å². The van der Waals surface area contributed by atoms with Crippen LogP contribution in [0, 0.1) is 11.3 Å². The zero-order chi connectivity index (χ0) is 26.2. The van der Waals surface area contributed by atoms with E-state index in [2.05, 4.69) is 16.4 Å². The third-order valence-corrected chi connectivity index (χ3v) is 6.47. The van der Waals surface area contributed by atoms with Crippen molar-refractivity contribution in [2.75, 3.05) is 38.2 Å². The molecule has 0 radical (unpaired) electrons. The summed E-state index contributed by atoms with van der Waals surface area (Å²) in [6.45, 7) is 2.86. The van der Waals surface area contributed by atoms with Gasteiger partial charge in [0.2, 0.25) is 5.91 Å². The average molecular weight is 527 g/mol. The van der Waals surface area contributed by atoms with Crippen molar-refractivity contribution in [3.8, 4) is 6.07 Å². The minimum atomic E-state index is -5.08. The lowest BCUT2D eigenvalue weighted by molar-refractivity contribution is -0.192. The summed E-state index contributed by atoms with van der Waals surface area (Å²) in [5.74, 6) is -1.91. The van der Waals surface area contributed by atoms with Crippen LogP contribution in [-0.4, -0.2) is 77.6 Å². The maximum absolute atomic E-state index is 12.8. The lowest BCUT2D eigenvalue weighted by Crippen LogP contribution is -2.47. The molecule has 13 heteroatoms. The van der Waals surface area contributed by atoms with Crippen molar-refractivity contribution >= 4 is 29.0 Å². The molecule has 4 rings (SSSR count). The normalized spacial score (nSPS) is 21.7. The van der Waals surface area contributed by atoms with Crippen LogP contribution in [0.2, 0.25) is 0 Å². The van der Waals surface area contributed by atoms with Crippen molar-refractivity contribution in [2.45, 2.75) is 37.1 Å². The van der Waals surface area contributed by atoms with Crippen molar-refractivity contribution in [1.82, 2.24) is 9.88 Å². The molecule has 2 aromatic heterocycles. The number of nitriles is 1. The van der Waals surface area contributed by atoms with Gasteiger partial charge in [0.05, 0.1) is 37.8 Å². The molecule has 2 aliphatic rings. The van der Waals surface area contributed by atoms with Crippen LogP contribution in [-0.2, 0) is 25.5 Å². The number of carboxylic acids is 1. The van der Waals surface area contributed by atoms with Gasteiger partial charge in [0.1, 0.15) is 17.5 Å². The number of nitrogens with zero attached hydrogens (tertiary/aromatic N) is 3. The zero-order valence-electron chi connectivity index (χ0n) is 19.2. The predicted molar refractivity (Wildman–Crippen MR) is 123 cm³/mol. The first-order valence-corrected chi connectivity index (χ1v) is 11.9. The quantitative estimate of drug-likeness (QED) is 0.609.